The zero-order valence-electron chi connectivity index (χ0n) is 23.5. The molecular formula is C28H51N4O7+. The average molecular weight is 556 g/mol. The van der Waals surface area contributed by atoms with Crippen molar-refractivity contribution >= 4 is 30.0 Å². The number of amides is 2. The minimum Gasteiger partial charge on any atom is -0.481 e. The summed E-state index contributed by atoms with van der Waals surface area (Å²) in [7, 11) is 0. The quantitative estimate of drug-likeness (QED) is 0.0533. The molecule has 0 aromatic heterocycles. The van der Waals surface area contributed by atoms with Crippen LogP contribution in [0.25, 0.3) is 0 Å². The molecule has 1 aliphatic rings. The Morgan fingerprint density at radius 3 is 1.79 bits per heavy atom. The van der Waals surface area contributed by atoms with E-state index in [0.29, 0.717) is 13.0 Å². The van der Waals surface area contributed by atoms with Crippen molar-refractivity contribution in [1.29, 1.82) is 0 Å². The molecule has 0 aliphatic heterocycles. The molecule has 224 valence electrons. The first-order valence-corrected chi connectivity index (χ1v) is 14.8. The van der Waals surface area contributed by atoms with Crippen LogP contribution < -0.4 is 21.9 Å². The number of unbranched alkanes of at least 4 members (excludes halogenated alkanes) is 11. The van der Waals surface area contributed by atoms with E-state index < -0.39 is 23.5 Å². The van der Waals surface area contributed by atoms with Gasteiger partial charge in [0.05, 0.1) is 0 Å². The third-order valence-electron chi connectivity index (χ3n) is 7.58. The normalized spacial score (nSPS) is 18.7. The predicted molar refractivity (Wildman–Crippen MR) is 146 cm³/mol. The Labute approximate surface area is 232 Å². The van der Waals surface area contributed by atoms with Crippen molar-refractivity contribution in [2.75, 3.05) is 6.54 Å². The number of nitrogens with one attached hydrogen (secondary N) is 3. The number of carbonyl (C=O) groups is 5. The van der Waals surface area contributed by atoms with Crippen molar-refractivity contribution in [1.82, 2.24) is 16.1 Å². The molecule has 0 heterocycles. The average Bonchev–Trinajstić information content (AvgIpc) is 3.62. The highest BCUT2D eigenvalue weighted by atomic mass is 16.4. The lowest BCUT2D eigenvalue weighted by molar-refractivity contribution is -0.452. The van der Waals surface area contributed by atoms with Gasteiger partial charge in [-0.15, -0.1) is 0 Å². The fourth-order valence-electron chi connectivity index (χ4n) is 4.90. The van der Waals surface area contributed by atoms with Crippen LogP contribution >= 0.6 is 0 Å². The van der Waals surface area contributed by atoms with Gasteiger partial charge in [0.15, 0.2) is 0 Å². The van der Waals surface area contributed by atoms with Gasteiger partial charge in [-0.3, -0.25) is 20.2 Å². The van der Waals surface area contributed by atoms with Gasteiger partial charge in [0.2, 0.25) is 11.8 Å². The standard InChI is InChI=1S/C28H50N4O7/c29-32-28(21-33)20-22(28)14-13-19-30-24(34)18-17-23(27(38)39)31-25(35)15-11-9-7-5-3-1-2-4-6-8-10-12-16-26(36)37/h21-23,32H,1-20,29H2,(H,30,34)(H,31,35)(H,36,37)(H,38,39)/p+1/t22?,23-,28?/m0/s1. The summed E-state index contributed by atoms with van der Waals surface area (Å²) in [5.41, 5.74) is 2.28. The minimum atomic E-state index is -1.14. The molecule has 0 radical (unpaired) electrons. The van der Waals surface area contributed by atoms with E-state index in [2.05, 4.69) is 21.9 Å². The molecule has 2 amide bonds. The number of hydrogen-bond acceptors (Lipinski definition) is 6. The third kappa shape index (κ3) is 16.2. The molecule has 0 saturated heterocycles. The van der Waals surface area contributed by atoms with Gasteiger partial charge in [-0.05, 0) is 44.4 Å². The van der Waals surface area contributed by atoms with Crippen LogP contribution in [0.3, 0.4) is 0 Å². The molecular weight excluding hydrogens is 504 g/mol. The van der Waals surface area contributed by atoms with Crippen molar-refractivity contribution < 1.29 is 40.0 Å². The van der Waals surface area contributed by atoms with E-state index in [1.807, 2.05) is 0 Å². The maximum atomic E-state index is 12.2. The molecule has 11 heteroatoms. The number of carboxylic acid groups (broad SMARTS) is 2. The molecule has 8 N–H and O–H groups in total. The van der Waals surface area contributed by atoms with Crippen molar-refractivity contribution in [2.24, 2.45) is 5.92 Å². The van der Waals surface area contributed by atoms with E-state index in [1.165, 1.54) is 25.7 Å². The molecule has 0 spiro atoms. The summed E-state index contributed by atoms with van der Waals surface area (Å²) >= 11 is 0. The lowest BCUT2D eigenvalue weighted by Gasteiger charge is -2.14. The molecule has 1 rings (SSSR count). The molecule has 2 unspecified atom stereocenters. The summed E-state index contributed by atoms with van der Waals surface area (Å²) in [6, 6.07) is -1.08. The van der Waals surface area contributed by atoms with Gasteiger partial charge < -0.3 is 25.6 Å². The highest BCUT2D eigenvalue weighted by Gasteiger charge is 2.54. The summed E-state index contributed by atoms with van der Waals surface area (Å²) in [6.45, 7) is 0.460. The number of carboxylic acids is 2. The predicted octanol–water partition coefficient (Wildman–Crippen LogP) is 2.48. The Kier molecular flexibility index (Phi) is 18.0. The first-order chi connectivity index (χ1) is 18.7. The Morgan fingerprint density at radius 2 is 1.33 bits per heavy atom. The summed E-state index contributed by atoms with van der Waals surface area (Å²) < 4.78 is 0. The van der Waals surface area contributed by atoms with Crippen LogP contribution in [0.2, 0.25) is 0 Å². The second-order valence-electron chi connectivity index (χ2n) is 10.9. The molecule has 39 heavy (non-hydrogen) atoms. The van der Waals surface area contributed by atoms with Gasteiger partial charge in [0.1, 0.15) is 17.9 Å². The fraction of sp³-hybridized carbons (Fsp3) is 0.821. The van der Waals surface area contributed by atoms with Crippen LogP contribution in [0.5, 0.6) is 0 Å². The SMILES string of the molecule is [NH3+]NC1(C=O)CC1CCCNC(=O)CC[C@H](NC(=O)CCCCCCCCCCCCCCC(=O)O)C(=O)O. The van der Waals surface area contributed by atoms with Crippen LogP contribution in [0.4, 0.5) is 0 Å². The minimum absolute atomic E-state index is 0.0180. The van der Waals surface area contributed by atoms with Gasteiger partial charge >= 0.3 is 11.9 Å². The van der Waals surface area contributed by atoms with Crippen LogP contribution in [0, 0.1) is 5.92 Å². The van der Waals surface area contributed by atoms with Crippen molar-refractivity contribution in [3.63, 3.8) is 0 Å². The molecule has 11 nitrogen and oxygen atoms in total. The van der Waals surface area contributed by atoms with Crippen molar-refractivity contribution in [3.8, 4) is 0 Å². The lowest BCUT2D eigenvalue weighted by atomic mass is 10.0. The van der Waals surface area contributed by atoms with Gasteiger partial charge in [0.25, 0.3) is 0 Å². The van der Waals surface area contributed by atoms with E-state index in [9.17, 15) is 29.1 Å². The topological polar surface area (TPSA) is 190 Å². The van der Waals surface area contributed by atoms with E-state index >= 15 is 0 Å². The Morgan fingerprint density at radius 1 is 0.795 bits per heavy atom. The van der Waals surface area contributed by atoms with Crippen molar-refractivity contribution in [2.45, 2.75) is 134 Å². The number of hydrogen-bond donors (Lipinski definition) is 6. The molecule has 0 bridgehead atoms. The molecule has 1 aliphatic carbocycles. The maximum Gasteiger partial charge on any atom is 0.326 e. The van der Waals surface area contributed by atoms with Gasteiger partial charge in [0, 0.05) is 25.8 Å². The number of carbonyl (C=O) groups excluding carboxylic acids is 3. The molecule has 3 atom stereocenters. The summed E-state index contributed by atoms with van der Waals surface area (Å²) in [5, 5.41) is 23.3. The first-order valence-electron chi connectivity index (χ1n) is 14.8. The van der Waals surface area contributed by atoms with E-state index in [0.717, 1.165) is 70.5 Å². The smallest absolute Gasteiger partial charge is 0.326 e. The highest BCUT2D eigenvalue weighted by molar-refractivity contribution is 5.84. The van der Waals surface area contributed by atoms with Crippen molar-refractivity contribution in [3.05, 3.63) is 0 Å². The summed E-state index contributed by atoms with van der Waals surface area (Å²) in [6.07, 6.45) is 16.4. The van der Waals surface area contributed by atoms with E-state index in [4.69, 9.17) is 5.11 Å². The zero-order valence-corrected chi connectivity index (χ0v) is 23.5. The summed E-state index contributed by atoms with van der Waals surface area (Å²) in [5.74, 6) is 1.41. The number of rotatable bonds is 26. The Balaban J connectivity index is 2.00. The Hall–Kier alpha value is -2.53. The van der Waals surface area contributed by atoms with Crippen LogP contribution in [0.1, 0.15) is 122 Å². The van der Waals surface area contributed by atoms with Gasteiger partial charge in [-0.25, -0.2) is 4.79 Å². The third-order valence-corrected chi connectivity index (χ3v) is 7.58. The van der Waals surface area contributed by atoms with Crippen LogP contribution in [-0.4, -0.2) is 58.4 Å². The second-order valence-corrected chi connectivity index (χ2v) is 10.9. The van der Waals surface area contributed by atoms with E-state index in [1.54, 1.807) is 0 Å². The van der Waals surface area contributed by atoms with E-state index in [-0.39, 0.29) is 43.4 Å². The molecule has 1 fully saturated rings. The monoisotopic (exact) mass is 555 g/mol. The number of aldehydes is 1. The fourth-order valence-corrected chi connectivity index (χ4v) is 4.90. The zero-order chi connectivity index (χ0) is 28.9. The lowest BCUT2D eigenvalue weighted by Crippen LogP contribution is -2.71. The number of quaternary nitrogens is 1. The largest absolute Gasteiger partial charge is 0.481 e. The first kappa shape index (κ1) is 34.5. The van der Waals surface area contributed by atoms with Crippen LogP contribution in [-0.2, 0) is 24.0 Å². The van der Waals surface area contributed by atoms with Gasteiger partial charge in [-0.1, -0.05) is 64.2 Å². The maximum absolute atomic E-state index is 12.2. The summed E-state index contributed by atoms with van der Waals surface area (Å²) in [4.78, 5) is 57.3. The molecule has 0 aromatic rings. The van der Waals surface area contributed by atoms with Gasteiger partial charge in [-0.2, -0.15) is 5.43 Å². The Bertz CT molecular complexity index is 764. The molecule has 1 saturated carbocycles. The number of aliphatic carboxylic acids is 2. The second kappa shape index (κ2) is 20.4. The van der Waals surface area contributed by atoms with Crippen LogP contribution in [0.15, 0.2) is 0 Å². The molecule has 0 aromatic carbocycles. The highest BCUT2D eigenvalue weighted by Crippen LogP contribution is 2.43.